The molecule has 1 aromatic heterocycles. The maximum atomic E-state index is 11.2. The largest absolute Gasteiger partial charge is 0.481 e. The van der Waals surface area contributed by atoms with Crippen LogP contribution in [0, 0.1) is 0 Å². The molecule has 0 aromatic carbocycles. The van der Waals surface area contributed by atoms with E-state index in [1.807, 2.05) is 0 Å². The highest BCUT2D eigenvalue weighted by molar-refractivity contribution is 7.12. The fraction of sp³-hybridized carbons (Fsp3) is 0.600. The lowest BCUT2D eigenvalue weighted by atomic mass is 9.95. The van der Waals surface area contributed by atoms with Gasteiger partial charge in [0.15, 0.2) is 0 Å². The topological polar surface area (TPSA) is 66.4 Å². The Hall–Kier alpha value is -1.36. The normalized spacial score (nSPS) is 13.0. The van der Waals surface area contributed by atoms with Gasteiger partial charge in [0.1, 0.15) is 0 Å². The molecule has 20 heavy (non-hydrogen) atoms. The number of hydrogen-bond donors (Lipinski definition) is 2. The van der Waals surface area contributed by atoms with Crippen LogP contribution in [-0.2, 0) is 21.4 Å². The van der Waals surface area contributed by atoms with Crippen molar-refractivity contribution in [3.8, 4) is 0 Å². The van der Waals surface area contributed by atoms with E-state index >= 15 is 0 Å². The van der Waals surface area contributed by atoms with Crippen LogP contribution in [0.3, 0.4) is 0 Å². The Bertz CT molecular complexity index is 474. The molecule has 0 aliphatic rings. The number of thiophene rings is 1. The summed E-state index contributed by atoms with van der Waals surface area (Å²) in [5.41, 5.74) is 0.119. The fourth-order valence-electron chi connectivity index (χ4n) is 1.94. The highest BCUT2D eigenvalue weighted by atomic mass is 32.1. The van der Waals surface area contributed by atoms with E-state index in [1.54, 1.807) is 11.3 Å². The van der Waals surface area contributed by atoms with Gasteiger partial charge >= 0.3 is 5.97 Å². The van der Waals surface area contributed by atoms with Crippen molar-refractivity contribution in [3.63, 3.8) is 0 Å². The third kappa shape index (κ3) is 5.74. The SMILES string of the molecule is CC(=O)NC(CCC(=O)O)Cc1ccc(C(C)(C)C)s1. The van der Waals surface area contributed by atoms with Crippen molar-refractivity contribution in [2.24, 2.45) is 0 Å². The second-order valence-electron chi connectivity index (χ2n) is 6.05. The number of aliphatic carboxylic acids is 1. The summed E-state index contributed by atoms with van der Waals surface area (Å²) in [6, 6.07) is 4.07. The second-order valence-corrected chi connectivity index (χ2v) is 7.22. The Kier molecular flexibility index (Phi) is 5.74. The van der Waals surface area contributed by atoms with Crippen LogP contribution in [-0.4, -0.2) is 23.0 Å². The van der Waals surface area contributed by atoms with Gasteiger partial charge in [-0.05, 0) is 24.0 Å². The zero-order chi connectivity index (χ0) is 15.3. The number of hydrogen-bond acceptors (Lipinski definition) is 3. The molecule has 1 rings (SSSR count). The number of rotatable bonds is 6. The van der Waals surface area contributed by atoms with Gasteiger partial charge in [0, 0.05) is 35.6 Å². The lowest BCUT2D eigenvalue weighted by Gasteiger charge is -2.17. The average Bonchev–Trinajstić information content (AvgIpc) is 2.73. The Balaban J connectivity index is 2.70. The summed E-state index contributed by atoms with van der Waals surface area (Å²) in [7, 11) is 0. The zero-order valence-corrected chi connectivity index (χ0v) is 13.3. The summed E-state index contributed by atoms with van der Waals surface area (Å²) in [5, 5.41) is 11.6. The molecule has 0 fully saturated rings. The summed E-state index contributed by atoms with van der Waals surface area (Å²) in [6.07, 6.45) is 1.22. The van der Waals surface area contributed by atoms with E-state index in [0.717, 1.165) is 0 Å². The van der Waals surface area contributed by atoms with Crippen molar-refractivity contribution in [1.82, 2.24) is 5.32 Å². The number of carboxylic acid groups (broad SMARTS) is 1. The fourth-order valence-corrected chi connectivity index (χ4v) is 3.09. The van der Waals surface area contributed by atoms with Gasteiger partial charge in [0.2, 0.25) is 5.91 Å². The van der Waals surface area contributed by atoms with Crippen LogP contribution in [0.4, 0.5) is 0 Å². The lowest BCUT2D eigenvalue weighted by molar-refractivity contribution is -0.137. The van der Waals surface area contributed by atoms with Gasteiger partial charge in [-0.3, -0.25) is 9.59 Å². The Morgan fingerprint density at radius 1 is 1.35 bits per heavy atom. The van der Waals surface area contributed by atoms with Gasteiger partial charge in [-0.25, -0.2) is 0 Å². The van der Waals surface area contributed by atoms with Gasteiger partial charge in [0.05, 0.1) is 0 Å². The lowest BCUT2D eigenvalue weighted by Crippen LogP contribution is -2.35. The number of amides is 1. The molecule has 1 amide bonds. The van der Waals surface area contributed by atoms with Gasteiger partial charge < -0.3 is 10.4 Å². The van der Waals surface area contributed by atoms with E-state index < -0.39 is 5.97 Å². The molecule has 0 saturated carbocycles. The van der Waals surface area contributed by atoms with Gasteiger partial charge in [-0.1, -0.05) is 20.8 Å². The van der Waals surface area contributed by atoms with Gasteiger partial charge in [-0.2, -0.15) is 0 Å². The van der Waals surface area contributed by atoms with Crippen LogP contribution in [0.5, 0.6) is 0 Å². The average molecular weight is 297 g/mol. The first-order chi connectivity index (χ1) is 9.18. The van der Waals surface area contributed by atoms with E-state index in [0.29, 0.717) is 12.8 Å². The molecule has 0 radical (unpaired) electrons. The minimum absolute atomic E-state index is 0.0719. The summed E-state index contributed by atoms with van der Waals surface area (Å²) in [5.74, 6) is -0.949. The van der Waals surface area contributed by atoms with E-state index in [2.05, 4.69) is 38.2 Å². The smallest absolute Gasteiger partial charge is 0.303 e. The molecular weight excluding hydrogens is 274 g/mol. The van der Waals surface area contributed by atoms with Crippen LogP contribution in [0.1, 0.15) is 50.3 Å². The van der Waals surface area contributed by atoms with Crippen molar-refractivity contribution < 1.29 is 14.7 Å². The molecule has 2 N–H and O–H groups in total. The molecule has 0 aliphatic carbocycles. The van der Waals surface area contributed by atoms with E-state index in [1.165, 1.54) is 16.7 Å². The molecule has 5 heteroatoms. The van der Waals surface area contributed by atoms with Crippen molar-refractivity contribution in [3.05, 3.63) is 21.9 Å². The van der Waals surface area contributed by atoms with Crippen LogP contribution < -0.4 is 5.32 Å². The molecule has 4 nitrogen and oxygen atoms in total. The van der Waals surface area contributed by atoms with E-state index in [9.17, 15) is 9.59 Å². The summed E-state index contributed by atoms with van der Waals surface area (Å²) < 4.78 is 0. The molecule has 1 aromatic rings. The van der Waals surface area contributed by atoms with Crippen LogP contribution in [0.25, 0.3) is 0 Å². The number of nitrogens with one attached hydrogen (secondary N) is 1. The molecule has 0 saturated heterocycles. The minimum atomic E-state index is -0.832. The first kappa shape index (κ1) is 16.7. The molecule has 0 spiro atoms. The first-order valence-electron chi connectivity index (χ1n) is 6.76. The molecular formula is C15H23NO3S. The summed E-state index contributed by atoms with van der Waals surface area (Å²) in [6.45, 7) is 7.96. The Morgan fingerprint density at radius 3 is 2.45 bits per heavy atom. The summed E-state index contributed by atoms with van der Waals surface area (Å²) in [4.78, 5) is 24.3. The maximum absolute atomic E-state index is 11.2. The van der Waals surface area contributed by atoms with Crippen molar-refractivity contribution in [2.45, 2.75) is 58.4 Å². The number of carbonyl (C=O) groups excluding carboxylic acids is 1. The van der Waals surface area contributed by atoms with E-state index in [-0.39, 0.29) is 23.8 Å². The molecule has 1 heterocycles. The maximum Gasteiger partial charge on any atom is 0.303 e. The quantitative estimate of drug-likeness (QED) is 0.848. The third-order valence-electron chi connectivity index (χ3n) is 2.96. The molecule has 0 bridgehead atoms. The molecule has 112 valence electrons. The number of carboxylic acids is 1. The van der Waals surface area contributed by atoms with Gasteiger partial charge in [-0.15, -0.1) is 11.3 Å². The van der Waals surface area contributed by atoms with Crippen molar-refractivity contribution in [2.75, 3.05) is 0 Å². The summed E-state index contributed by atoms with van der Waals surface area (Å²) >= 11 is 1.73. The predicted octanol–water partition coefficient (Wildman–Crippen LogP) is 2.96. The molecule has 1 atom stereocenters. The van der Waals surface area contributed by atoms with Crippen LogP contribution >= 0.6 is 11.3 Å². The Morgan fingerprint density at radius 2 is 2.00 bits per heavy atom. The van der Waals surface area contributed by atoms with Gasteiger partial charge in [0.25, 0.3) is 0 Å². The van der Waals surface area contributed by atoms with Crippen LogP contribution in [0.15, 0.2) is 12.1 Å². The van der Waals surface area contributed by atoms with Crippen molar-refractivity contribution in [1.29, 1.82) is 0 Å². The molecule has 0 aliphatic heterocycles. The molecule has 1 unspecified atom stereocenters. The highest BCUT2D eigenvalue weighted by Crippen LogP contribution is 2.30. The minimum Gasteiger partial charge on any atom is -0.481 e. The zero-order valence-electron chi connectivity index (χ0n) is 12.5. The van der Waals surface area contributed by atoms with Crippen molar-refractivity contribution >= 4 is 23.2 Å². The second kappa shape index (κ2) is 6.88. The van der Waals surface area contributed by atoms with E-state index in [4.69, 9.17) is 5.11 Å². The predicted molar refractivity (Wildman–Crippen MR) is 81.2 cm³/mol. The van der Waals surface area contributed by atoms with Crippen LogP contribution in [0.2, 0.25) is 0 Å². The number of carbonyl (C=O) groups is 2. The third-order valence-corrected chi connectivity index (χ3v) is 4.50. The Labute approximate surface area is 124 Å². The standard InChI is InChI=1S/C15H23NO3S/c1-10(17)16-11(5-8-14(18)19)9-12-6-7-13(20-12)15(2,3)4/h6-7,11H,5,8-9H2,1-4H3,(H,16,17)(H,18,19). The highest BCUT2D eigenvalue weighted by Gasteiger charge is 2.18. The first-order valence-corrected chi connectivity index (χ1v) is 7.58. The monoisotopic (exact) mass is 297 g/mol.